The van der Waals surface area contributed by atoms with Gasteiger partial charge in [0.2, 0.25) is 6.79 Å². The van der Waals surface area contributed by atoms with Gasteiger partial charge in [-0.2, -0.15) is 0 Å². The van der Waals surface area contributed by atoms with Crippen molar-refractivity contribution in [1.29, 1.82) is 0 Å². The zero-order valence-electron chi connectivity index (χ0n) is 13.0. The first-order chi connectivity index (χ1) is 9.99. The fourth-order valence-corrected chi connectivity index (χ4v) is 3.14. The van der Waals surface area contributed by atoms with Crippen LogP contribution >= 0.6 is 0 Å². The number of fused-ring (bicyclic) bond motifs is 1. The Morgan fingerprint density at radius 1 is 1.33 bits per heavy atom. The molecule has 2 heterocycles. The van der Waals surface area contributed by atoms with Gasteiger partial charge in [0, 0.05) is 37.3 Å². The fraction of sp³-hybridized carbons (Fsp3) is 0.625. The molecule has 0 saturated carbocycles. The quantitative estimate of drug-likeness (QED) is 0.923. The maximum absolute atomic E-state index is 6.21. The number of piperidine rings is 1. The van der Waals surface area contributed by atoms with Crippen molar-refractivity contribution in [3.8, 4) is 17.2 Å². The van der Waals surface area contributed by atoms with Gasteiger partial charge in [-0.25, -0.2) is 0 Å². The SMILES string of the molecule is COc1cc2c(cc1CN1CCC(N)C(C)(C)C1)OCO2. The molecule has 116 valence electrons. The number of benzene rings is 1. The molecule has 1 saturated heterocycles. The van der Waals surface area contributed by atoms with Crippen LogP contribution in [0.1, 0.15) is 25.8 Å². The molecule has 2 aliphatic heterocycles. The van der Waals surface area contributed by atoms with Crippen LogP contribution < -0.4 is 19.9 Å². The van der Waals surface area contributed by atoms with E-state index in [1.807, 2.05) is 12.1 Å². The van der Waals surface area contributed by atoms with E-state index >= 15 is 0 Å². The molecule has 0 bridgehead atoms. The maximum Gasteiger partial charge on any atom is 0.231 e. The summed E-state index contributed by atoms with van der Waals surface area (Å²) in [5.41, 5.74) is 7.48. The van der Waals surface area contributed by atoms with Crippen molar-refractivity contribution in [2.24, 2.45) is 11.1 Å². The standard InChI is InChI=1S/C16H24N2O3/c1-16(2)9-18(5-4-15(16)17)8-11-6-13-14(21-10-20-13)7-12(11)19-3/h6-7,15H,4-5,8-10,17H2,1-3H3. The van der Waals surface area contributed by atoms with E-state index < -0.39 is 0 Å². The van der Waals surface area contributed by atoms with Crippen molar-refractivity contribution in [2.45, 2.75) is 32.9 Å². The predicted octanol–water partition coefficient (Wildman–Crippen LogP) is 1.98. The van der Waals surface area contributed by atoms with Crippen molar-refractivity contribution in [1.82, 2.24) is 4.90 Å². The van der Waals surface area contributed by atoms with Gasteiger partial charge in [-0.15, -0.1) is 0 Å². The second kappa shape index (κ2) is 5.39. The molecule has 0 amide bonds. The van der Waals surface area contributed by atoms with Gasteiger partial charge in [0.15, 0.2) is 11.5 Å². The maximum atomic E-state index is 6.21. The summed E-state index contributed by atoms with van der Waals surface area (Å²) in [6.45, 7) is 7.61. The Bertz CT molecular complexity index is 530. The number of ether oxygens (including phenoxy) is 3. The molecule has 0 aliphatic carbocycles. The summed E-state index contributed by atoms with van der Waals surface area (Å²) < 4.78 is 16.4. The summed E-state index contributed by atoms with van der Waals surface area (Å²) in [4.78, 5) is 2.43. The van der Waals surface area contributed by atoms with E-state index in [1.165, 1.54) is 0 Å². The number of methoxy groups -OCH3 is 1. The van der Waals surface area contributed by atoms with Crippen molar-refractivity contribution >= 4 is 0 Å². The molecule has 0 aromatic heterocycles. The minimum atomic E-state index is 0.141. The highest BCUT2D eigenvalue weighted by molar-refractivity contribution is 5.51. The van der Waals surface area contributed by atoms with Crippen LogP contribution in [0.2, 0.25) is 0 Å². The molecule has 3 rings (SSSR count). The number of nitrogens with two attached hydrogens (primary N) is 1. The third kappa shape index (κ3) is 2.80. The van der Waals surface area contributed by atoms with Gasteiger partial charge in [0.05, 0.1) is 7.11 Å². The Kier molecular flexibility index (Phi) is 3.71. The molecule has 1 aromatic rings. The van der Waals surface area contributed by atoms with Crippen LogP contribution in [-0.2, 0) is 6.54 Å². The summed E-state index contributed by atoms with van der Waals surface area (Å²) in [6.07, 6.45) is 1.03. The van der Waals surface area contributed by atoms with Gasteiger partial charge >= 0.3 is 0 Å². The number of nitrogens with zero attached hydrogens (tertiary/aromatic N) is 1. The van der Waals surface area contributed by atoms with E-state index in [9.17, 15) is 0 Å². The zero-order valence-corrected chi connectivity index (χ0v) is 13.0. The van der Waals surface area contributed by atoms with E-state index in [0.717, 1.165) is 48.9 Å². The minimum Gasteiger partial charge on any atom is -0.496 e. The lowest BCUT2D eigenvalue weighted by Crippen LogP contribution is -2.52. The van der Waals surface area contributed by atoms with Crippen LogP contribution in [0.4, 0.5) is 0 Å². The number of likely N-dealkylation sites (tertiary alicyclic amines) is 1. The molecule has 1 unspecified atom stereocenters. The Morgan fingerprint density at radius 2 is 2.05 bits per heavy atom. The summed E-state index contributed by atoms with van der Waals surface area (Å²) in [7, 11) is 1.69. The van der Waals surface area contributed by atoms with Crippen LogP contribution in [0, 0.1) is 5.41 Å². The third-order valence-corrected chi connectivity index (χ3v) is 4.56. The fourth-order valence-electron chi connectivity index (χ4n) is 3.14. The normalized spacial score (nSPS) is 24.1. The van der Waals surface area contributed by atoms with Gasteiger partial charge < -0.3 is 19.9 Å². The number of rotatable bonds is 3. The monoisotopic (exact) mass is 292 g/mol. The zero-order chi connectivity index (χ0) is 15.0. The summed E-state index contributed by atoms with van der Waals surface area (Å²) in [5.74, 6) is 2.42. The van der Waals surface area contributed by atoms with Crippen molar-refractivity contribution in [3.63, 3.8) is 0 Å². The Balaban J connectivity index is 1.79. The first-order valence-electron chi connectivity index (χ1n) is 7.44. The minimum absolute atomic E-state index is 0.141. The van der Waals surface area contributed by atoms with E-state index in [4.69, 9.17) is 19.9 Å². The van der Waals surface area contributed by atoms with E-state index in [2.05, 4.69) is 18.7 Å². The Labute approximate surface area is 126 Å². The Hall–Kier alpha value is -1.46. The lowest BCUT2D eigenvalue weighted by Gasteiger charge is -2.42. The summed E-state index contributed by atoms with van der Waals surface area (Å²) in [5, 5.41) is 0. The molecule has 21 heavy (non-hydrogen) atoms. The smallest absolute Gasteiger partial charge is 0.231 e. The molecule has 5 nitrogen and oxygen atoms in total. The summed E-state index contributed by atoms with van der Waals surface area (Å²) in [6, 6.07) is 4.22. The molecule has 2 N–H and O–H groups in total. The molecule has 0 spiro atoms. The van der Waals surface area contributed by atoms with E-state index in [1.54, 1.807) is 7.11 Å². The van der Waals surface area contributed by atoms with Gasteiger partial charge in [0.25, 0.3) is 0 Å². The molecule has 1 aromatic carbocycles. The molecule has 5 heteroatoms. The van der Waals surface area contributed by atoms with Crippen LogP contribution in [0.5, 0.6) is 17.2 Å². The summed E-state index contributed by atoms with van der Waals surface area (Å²) >= 11 is 0. The van der Waals surface area contributed by atoms with E-state index in [0.29, 0.717) is 0 Å². The highest BCUT2D eigenvalue weighted by Gasteiger charge is 2.33. The van der Waals surface area contributed by atoms with Crippen molar-refractivity contribution in [2.75, 3.05) is 27.0 Å². The Morgan fingerprint density at radius 3 is 2.71 bits per heavy atom. The van der Waals surface area contributed by atoms with Gasteiger partial charge in [-0.3, -0.25) is 4.90 Å². The molecule has 2 aliphatic rings. The highest BCUT2D eigenvalue weighted by Crippen LogP contribution is 2.39. The first-order valence-corrected chi connectivity index (χ1v) is 7.44. The first kappa shape index (κ1) is 14.5. The molecule has 1 atom stereocenters. The molecule has 1 fully saturated rings. The van der Waals surface area contributed by atoms with Crippen molar-refractivity contribution < 1.29 is 14.2 Å². The number of hydrogen-bond acceptors (Lipinski definition) is 5. The van der Waals surface area contributed by atoms with Crippen LogP contribution in [0.3, 0.4) is 0 Å². The average molecular weight is 292 g/mol. The topological polar surface area (TPSA) is 57.0 Å². The molecule has 0 radical (unpaired) electrons. The van der Waals surface area contributed by atoms with Crippen LogP contribution in [0.25, 0.3) is 0 Å². The van der Waals surface area contributed by atoms with Gasteiger partial charge in [0.1, 0.15) is 5.75 Å². The molecular formula is C16H24N2O3. The third-order valence-electron chi connectivity index (χ3n) is 4.56. The second-order valence-corrected chi connectivity index (χ2v) is 6.61. The average Bonchev–Trinajstić information content (AvgIpc) is 2.89. The van der Waals surface area contributed by atoms with Crippen LogP contribution in [-0.4, -0.2) is 37.9 Å². The largest absolute Gasteiger partial charge is 0.496 e. The van der Waals surface area contributed by atoms with Gasteiger partial charge in [-0.1, -0.05) is 13.8 Å². The number of hydrogen-bond donors (Lipinski definition) is 1. The lowest BCUT2D eigenvalue weighted by molar-refractivity contribution is 0.0892. The van der Waals surface area contributed by atoms with E-state index in [-0.39, 0.29) is 18.2 Å². The second-order valence-electron chi connectivity index (χ2n) is 6.61. The van der Waals surface area contributed by atoms with Crippen molar-refractivity contribution in [3.05, 3.63) is 17.7 Å². The van der Waals surface area contributed by atoms with Crippen LogP contribution in [0.15, 0.2) is 12.1 Å². The molecular weight excluding hydrogens is 268 g/mol. The lowest BCUT2D eigenvalue weighted by atomic mass is 9.79. The predicted molar refractivity (Wildman–Crippen MR) is 80.8 cm³/mol. The highest BCUT2D eigenvalue weighted by atomic mass is 16.7. The van der Waals surface area contributed by atoms with Gasteiger partial charge in [-0.05, 0) is 17.9 Å².